The van der Waals surface area contributed by atoms with E-state index >= 15 is 4.39 Å². The Balaban J connectivity index is 2.15. The molecule has 0 aromatic heterocycles. The van der Waals surface area contributed by atoms with Gasteiger partial charge in [-0.2, -0.15) is 0 Å². The van der Waals surface area contributed by atoms with Crippen molar-refractivity contribution in [2.45, 2.75) is 59.4 Å². The fourth-order valence-electron chi connectivity index (χ4n) is 3.76. The molecule has 1 N–H and O–H groups in total. The van der Waals surface area contributed by atoms with Crippen LogP contribution in [0.15, 0.2) is 94.7 Å². The summed E-state index contributed by atoms with van der Waals surface area (Å²) in [5.41, 5.74) is -0.519. The summed E-state index contributed by atoms with van der Waals surface area (Å²) < 4.78 is 87.0. The number of alkyl halides is 1. The van der Waals surface area contributed by atoms with Gasteiger partial charge in [0.15, 0.2) is 0 Å². The molecule has 0 bridgehead atoms. The van der Waals surface area contributed by atoms with Crippen molar-refractivity contribution < 1.29 is 35.1 Å². The molecule has 11 heteroatoms. The van der Waals surface area contributed by atoms with E-state index in [1.807, 2.05) is 0 Å². The van der Waals surface area contributed by atoms with Crippen molar-refractivity contribution in [3.8, 4) is 0 Å². The Bertz CT molecular complexity index is 1400. The zero-order chi connectivity index (χ0) is 28.2. The van der Waals surface area contributed by atoms with Crippen molar-refractivity contribution in [3.05, 3.63) is 96.3 Å². The summed E-state index contributed by atoms with van der Waals surface area (Å²) in [4.78, 5) is 11.5. The van der Waals surface area contributed by atoms with Crippen LogP contribution in [0.2, 0.25) is 0 Å². The smallest absolute Gasteiger partial charge is 0.407 e. The van der Waals surface area contributed by atoms with Crippen LogP contribution in [0.3, 0.4) is 0 Å². The molecule has 0 aliphatic heterocycles. The predicted molar refractivity (Wildman–Crippen MR) is 139 cm³/mol. The molecule has 204 valence electrons. The molecule has 1 atom stereocenters. The average molecular weight is 566 g/mol. The number of ether oxygens (including phenoxy) is 1. The van der Waals surface area contributed by atoms with Crippen LogP contribution in [0.4, 0.5) is 13.6 Å². The largest absolute Gasteiger partial charge is 0.446 e. The molecule has 0 fully saturated rings. The fourth-order valence-corrected chi connectivity index (χ4v) is 8.03. The zero-order valence-corrected chi connectivity index (χ0v) is 22.7. The van der Waals surface area contributed by atoms with Gasteiger partial charge in [-0.05, 0) is 62.7 Å². The Morgan fingerprint density at radius 2 is 1.34 bits per heavy atom. The van der Waals surface area contributed by atoms with Gasteiger partial charge in [-0.1, -0.05) is 48.5 Å². The molecule has 3 rings (SSSR count). The zero-order valence-electron chi connectivity index (χ0n) is 21.1. The normalized spacial score (nSPS) is 13.5. The third-order valence-electron chi connectivity index (χ3n) is 5.48. The van der Waals surface area contributed by atoms with Gasteiger partial charge in [-0.15, -0.1) is 0 Å². The molecule has 7 nitrogen and oxygen atoms in total. The lowest BCUT2D eigenvalue weighted by Gasteiger charge is -2.30. The van der Waals surface area contributed by atoms with E-state index in [1.54, 1.807) is 20.8 Å². The number of hydrogen-bond acceptors (Lipinski definition) is 6. The Kier molecular flexibility index (Phi) is 8.62. The summed E-state index contributed by atoms with van der Waals surface area (Å²) in [5.74, 6) is -0.624. The maximum absolute atomic E-state index is 17.1. The molecular formula is C27H29F2NO6S2. The second kappa shape index (κ2) is 11.2. The number of nitrogens with one attached hydrogen (secondary N) is 1. The summed E-state index contributed by atoms with van der Waals surface area (Å²) in [6.45, 7) is 4.99. The van der Waals surface area contributed by atoms with Crippen molar-refractivity contribution in [1.29, 1.82) is 0 Å². The molecule has 0 aliphatic rings. The lowest BCUT2D eigenvalue weighted by atomic mass is 10.1. The van der Waals surface area contributed by atoms with E-state index in [4.69, 9.17) is 4.74 Å². The number of carbonyl (C=O) groups is 1. The van der Waals surface area contributed by atoms with Gasteiger partial charge in [0, 0.05) is 18.4 Å². The third kappa shape index (κ3) is 6.57. The number of amides is 1. The van der Waals surface area contributed by atoms with Crippen molar-refractivity contribution in [2.24, 2.45) is 0 Å². The van der Waals surface area contributed by atoms with Crippen molar-refractivity contribution >= 4 is 25.8 Å². The summed E-state index contributed by atoms with van der Waals surface area (Å²) in [5, 5.41) is 2.52. The van der Waals surface area contributed by atoms with Crippen molar-refractivity contribution in [3.63, 3.8) is 0 Å². The van der Waals surface area contributed by atoms with Crippen LogP contribution in [0.25, 0.3) is 0 Å². The van der Waals surface area contributed by atoms with Gasteiger partial charge in [0.05, 0.1) is 9.79 Å². The third-order valence-corrected chi connectivity index (χ3v) is 10.5. The molecular weight excluding hydrogens is 536 g/mol. The van der Waals surface area contributed by atoms with Crippen LogP contribution in [-0.4, -0.2) is 38.9 Å². The molecule has 3 aromatic carbocycles. The highest BCUT2D eigenvalue weighted by molar-refractivity contribution is 8.10. The van der Waals surface area contributed by atoms with Gasteiger partial charge >= 0.3 is 10.4 Å². The van der Waals surface area contributed by atoms with Gasteiger partial charge in [0.1, 0.15) is 11.9 Å². The van der Waals surface area contributed by atoms with E-state index in [1.165, 1.54) is 54.6 Å². The number of halogens is 2. The first-order valence-corrected chi connectivity index (χ1v) is 14.6. The SMILES string of the molecule is CC(C)(C)NC(=O)O[C@@H](Cc1cccc(F)c1)CC(F)(S(=O)(=O)c1ccccc1)S(=O)(=O)c1ccccc1. The van der Waals surface area contributed by atoms with E-state index in [9.17, 15) is 26.0 Å². The number of carbonyl (C=O) groups excluding carboxylic acids is 1. The Morgan fingerprint density at radius 1 is 0.842 bits per heavy atom. The van der Waals surface area contributed by atoms with E-state index in [0.29, 0.717) is 0 Å². The van der Waals surface area contributed by atoms with Crippen LogP contribution in [-0.2, 0) is 30.8 Å². The van der Waals surface area contributed by atoms with E-state index < -0.39 is 63.8 Å². The van der Waals surface area contributed by atoms with Gasteiger partial charge in [-0.25, -0.2) is 30.4 Å². The first-order chi connectivity index (χ1) is 17.7. The van der Waals surface area contributed by atoms with Gasteiger partial charge in [0.25, 0.3) is 0 Å². The quantitative estimate of drug-likeness (QED) is 0.381. The van der Waals surface area contributed by atoms with Crippen molar-refractivity contribution in [2.75, 3.05) is 0 Å². The second-order valence-electron chi connectivity index (χ2n) is 9.73. The molecule has 0 aliphatic carbocycles. The maximum atomic E-state index is 17.1. The molecule has 0 unspecified atom stereocenters. The molecule has 0 heterocycles. The first-order valence-electron chi connectivity index (χ1n) is 11.7. The number of hydrogen-bond donors (Lipinski definition) is 1. The van der Waals surface area contributed by atoms with Crippen LogP contribution < -0.4 is 5.32 Å². The van der Waals surface area contributed by atoms with Crippen LogP contribution in [0.5, 0.6) is 0 Å². The standard InChI is InChI=1S/C27H29F2NO6S2/c1-26(2,3)30-25(31)36-22(18-20-11-10-12-21(28)17-20)19-27(29,37(32,33)23-13-6-4-7-14-23)38(34,35)24-15-8-5-9-16-24/h4-17,22H,18-19H2,1-3H3,(H,30,31)/t22-/m0/s1. The topological polar surface area (TPSA) is 107 Å². The van der Waals surface area contributed by atoms with E-state index in [0.717, 1.165) is 30.3 Å². The van der Waals surface area contributed by atoms with Crippen molar-refractivity contribution in [1.82, 2.24) is 5.32 Å². The minimum Gasteiger partial charge on any atom is -0.446 e. The highest BCUT2D eigenvalue weighted by Crippen LogP contribution is 2.41. The summed E-state index contributed by atoms with van der Waals surface area (Å²) >= 11 is 0. The molecule has 0 spiro atoms. The molecule has 38 heavy (non-hydrogen) atoms. The first kappa shape index (κ1) is 29.2. The lowest BCUT2D eigenvalue weighted by molar-refractivity contribution is 0.0744. The fraction of sp³-hybridized carbons (Fsp3) is 0.296. The number of alkyl carbamates (subject to hydrolysis) is 1. The number of rotatable bonds is 9. The molecule has 0 saturated heterocycles. The highest BCUT2D eigenvalue weighted by Gasteiger charge is 2.59. The van der Waals surface area contributed by atoms with Gasteiger partial charge < -0.3 is 10.1 Å². The Hall–Kier alpha value is -3.31. The molecule has 0 radical (unpaired) electrons. The van der Waals surface area contributed by atoms with Gasteiger partial charge in [0.2, 0.25) is 19.7 Å². The Labute approximate surface area is 221 Å². The summed E-state index contributed by atoms with van der Waals surface area (Å²) in [7, 11) is -10.4. The van der Waals surface area contributed by atoms with E-state index in [-0.39, 0.29) is 12.0 Å². The number of benzene rings is 3. The summed E-state index contributed by atoms with van der Waals surface area (Å²) in [6, 6.07) is 17.8. The molecule has 1 amide bonds. The minimum atomic E-state index is -5.21. The second-order valence-corrected chi connectivity index (χ2v) is 14.2. The van der Waals surface area contributed by atoms with Crippen LogP contribution in [0.1, 0.15) is 32.8 Å². The van der Waals surface area contributed by atoms with Crippen LogP contribution >= 0.6 is 0 Å². The van der Waals surface area contributed by atoms with E-state index in [2.05, 4.69) is 5.32 Å². The van der Waals surface area contributed by atoms with Gasteiger partial charge in [-0.3, -0.25) is 0 Å². The Morgan fingerprint density at radius 3 is 1.79 bits per heavy atom. The lowest BCUT2D eigenvalue weighted by Crippen LogP contribution is -2.48. The predicted octanol–water partition coefficient (Wildman–Crippen LogP) is 5.22. The maximum Gasteiger partial charge on any atom is 0.407 e. The van der Waals surface area contributed by atoms with Crippen LogP contribution in [0, 0.1) is 5.82 Å². The average Bonchev–Trinajstić information content (AvgIpc) is 2.83. The number of sulfone groups is 2. The molecule has 0 saturated carbocycles. The summed E-state index contributed by atoms with van der Waals surface area (Å²) in [6.07, 6.45) is -4.25. The monoisotopic (exact) mass is 565 g/mol. The highest BCUT2D eigenvalue weighted by atomic mass is 32.3. The minimum absolute atomic E-state index is 0.245. The molecule has 3 aromatic rings.